The van der Waals surface area contributed by atoms with Crippen LogP contribution in [0, 0.1) is 18.3 Å². The third-order valence-corrected chi connectivity index (χ3v) is 2.94. The zero-order valence-corrected chi connectivity index (χ0v) is 12.0. The molecule has 0 bridgehead atoms. The zero-order chi connectivity index (χ0) is 15.2. The van der Waals surface area contributed by atoms with Crippen LogP contribution in [0.3, 0.4) is 0 Å². The lowest BCUT2D eigenvalue weighted by Crippen LogP contribution is -2.11. The molecule has 0 atom stereocenters. The first kappa shape index (κ1) is 14.8. The van der Waals surface area contributed by atoms with Crippen molar-refractivity contribution in [3.8, 4) is 6.07 Å². The Labute approximate surface area is 126 Å². The molecule has 1 N–H and O–H groups in total. The highest BCUT2D eigenvalue weighted by molar-refractivity contribution is 6.30. The molecule has 1 aromatic heterocycles. The first-order valence-electron chi connectivity index (χ1n) is 6.17. The van der Waals surface area contributed by atoms with Crippen molar-refractivity contribution in [3.63, 3.8) is 0 Å². The van der Waals surface area contributed by atoms with Crippen molar-refractivity contribution in [1.29, 1.82) is 5.26 Å². The molecule has 0 saturated heterocycles. The van der Waals surface area contributed by atoms with E-state index >= 15 is 0 Å². The molecule has 0 radical (unpaired) electrons. The van der Waals surface area contributed by atoms with Gasteiger partial charge in [0.15, 0.2) is 5.76 Å². The second kappa shape index (κ2) is 6.73. The maximum atomic E-state index is 11.5. The summed E-state index contributed by atoms with van der Waals surface area (Å²) >= 11 is 5.82. The second-order valence-corrected chi connectivity index (χ2v) is 4.71. The van der Waals surface area contributed by atoms with Crippen LogP contribution in [0.25, 0.3) is 12.2 Å². The average molecular weight is 302 g/mol. The molecule has 1 heterocycles. The number of halogens is 1. The van der Waals surface area contributed by atoms with Crippen molar-refractivity contribution in [2.75, 3.05) is 5.32 Å². The van der Waals surface area contributed by atoms with Gasteiger partial charge in [-0.1, -0.05) is 35.0 Å². The van der Waals surface area contributed by atoms with Crippen molar-refractivity contribution in [2.24, 2.45) is 0 Å². The van der Waals surface area contributed by atoms with Crippen molar-refractivity contribution in [2.45, 2.75) is 13.3 Å². The molecule has 0 aliphatic heterocycles. The van der Waals surface area contributed by atoms with E-state index in [1.165, 1.54) is 0 Å². The molecule has 1 amide bonds. The van der Waals surface area contributed by atoms with Gasteiger partial charge in [0, 0.05) is 5.02 Å². The van der Waals surface area contributed by atoms with Crippen LogP contribution in [0.1, 0.15) is 23.4 Å². The van der Waals surface area contributed by atoms with Gasteiger partial charge >= 0.3 is 0 Å². The lowest BCUT2D eigenvalue weighted by Gasteiger charge is -2.00. The number of hydrogen-bond acceptors (Lipinski definition) is 4. The summed E-state index contributed by atoms with van der Waals surface area (Å²) in [5.41, 5.74) is 1.96. The summed E-state index contributed by atoms with van der Waals surface area (Å²) in [5.74, 6) is 0.0266. The van der Waals surface area contributed by atoms with E-state index in [-0.39, 0.29) is 6.42 Å². The Hall–Kier alpha value is -2.58. The van der Waals surface area contributed by atoms with Gasteiger partial charge in [-0.3, -0.25) is 4.79 Å². The molecular formula is C15H12ClN3O2. The number of aryl methyl sites for hydroxylation is 1. The molecule has 106 valence electrons. The molecule has 5 nitrogen and oxygen atoms in total. The van der Waals surface area contributed by atoms with Crippen LogP contribution in [0.2, 0.25) is 5.02 Å². The van der Waals surface area contributed by atoms with Crippen LogP contribution in [0.5, 0.6) is 0 Å². The first-order chi connectivity index (χ1) is 10.1. The van der Waals surface area contributed by atoms with E-state index in [9.17, 15) is 4.79 Å². The number of hydrogen-bond donors (Lipinski definition) is 1. The Kier molecular flexibility index (Phi) is 4.75. The fraction of sp³-hybridized carbons (Fsp3) is 0.133. The van der Waals surface area contributed by atoms with Gasteiger partial charge in [0.05, 0.1) is 6.07 Å². The Morgan fingerprint density at radius 2 is 2.14 bits per heavy atom. The summed E-state index contributed by atoms with van der Waals surface area (Å²) < 4.78 is 5.16. The number of nitriles is 1. The van der Waals surface area contributed by atoms with E-state index < -0.39 is 5.91 Å². The number of carbonyl (C=O) groups is 1. The van der Waals surface area contributed by atoms with E-state index in [1.54, 1.807) is 31.2 Å². The van der Waals surface area contributed by atoms with Crippen molar-refractivity contribution >= 4 is 35.3 Å². The molecule has 2 rings (SSSR count). The smallest absolute Gasteiger partial charge is 0.238 e. The largest absolute Gasteiger partial charge is 0.354 e. The number of rotatable bonds is 4. The topological polar surface area (TPSA) is 78.9 Å². The number of amides is 1. The van der Waals surface area contributed by atoms with Gasteiger partial charge in [0.1, 0.15) is 17.8 Å². The van der Waals surface area contributed by atoms with E-state index in [0.717, 1.165) is 5.56 Å². The van der Waals surface area contributed by atoms with Crippen LogP contribution in [0.4, 0.5) is 5.69 Å². The highest BCUT2D eigenvalue weighted by atomic mass is 35.5. The lowest BCUT2D eigenvalue weighted by molar-refractivity contribution is -0.115. The highest BCUT2D eigenvalue weighted by Gasteiger charge is 2.13. The monoisotopic (exact) mass is 301 g/mol. The van der Waals surface area contributed by atoms with E-state index in [1.807, 2.05) is 18.2 Å². The maximum absolute atomic E-state index is 11.5. The summed E-state index contributed by atoms with van der Waals surface area (Å²) in [6, 6.07) is 9.06. The lowest BCUT2D eigenvalue weighted by atomic mass is 10.2. The summed E-state index contributed by atoms with van der Waals surface area (Å²) in [5, 5.41) is 15.6. The summed E-state index contributed by atoms with van der Waals surface area (Å²) in [6.45, 7) is 1.71. The molecule has 21 heavy (non-hydrogen) atoms. The number of nitrogens with zero attached hydrogens (tertiary/aromatic N) is 2. The van der Waals surface area contributed by atoms with Crippen LogP contribution in [0.15, 0.2) is 28.8 Å². The normalized spacial score (nSPS) is 10.5. The predicted octanol–water partition coefficient (Wildman–Crippen LogP) is 3.66. The zero-order valence-electron chi connectivity index (χ0n) is 11.3. The van der Waals surface area contributed by atoms with Gasteiger partial charge in [-0.05, 0) is 30.7 Å². The van der Waals surface area contributed by atoms with Crippen molar-refractivity contribution in [1.82, 2.24) is 5.16 Å². The Morgan fingerprint density at radius 3 is 2.81 bits per heavy atom. The third kappa shape index (κ3) is 3.94. The number of aromatic nitrogens is 1. The van der Waals surface area contributed by atoms with Crippen LogP contribution in [-0.4, -0.2) is 11.1 Å². The number of nitrogens with one attached hydrogen (secondary N) is 1. The SMILES string of the molecule is Cc1noc(/C=C/c2ccc(Cl)cc2)c1NC(=O)CC#N. The van der Waals surface area contributed by atoms with E-state index in [4.69, 9.17) is 21.4 Å². The summed E-state index contributed by atoms with van der Waals surface area (Å²) in [6.07, 6.45) is 3.30. The van der Waals surface area contributed by atoms with Crippen LogP contribution >= 0.6 is 11.6 Å². The first-order valence-corrected chi connectivity index (χ1v) is 6.54. The molecule has 6 heteroatoms. The molecule has 0 aliphatic rings. The minimum absolute atomic E-state index is 0.217. The third-order valence-electron chi connectivity index (χ3n) is 2.69. The molecule has 0 fully saturated rings. The molecule has 1 aromatic carbocycles. The standard InChI is InChI=1S/C15H12ClN3O2/c1-10-15(18-14(20)8-9-17)13(21-19-10)7-4-11-2-5-12(16)6-3-11/h2-7H,8H2,1H3,(H,18,20)/b7-4+. The van der Waals surface area contributed by atoms with Crippen LogP contribution in [-0.2, 0) is 4.79 Å². The number of anilines is 1. The highest BCUT2D eigenvalue weighted by Crippen LogP contribution is 2.23. The Balaban J connectivity index is 2.19. The van der Waals surface area contributed by atoms with Crippen molar-refractivity contribution in [3.05, 3.63) is 46.3 Å². The van der Waals surface area contributed by atoms with E-state index in [0.29, 0.717) is 22.2 Å². The van der Waals surface area contributed by atoms with Gasteiger partial charge in [-0.15, -0.1) is 0 Å². The van der Waals surface area contributed by atoms with Gasteiger partial charge in [-0.2, -0.15) is 5.26 Å². The molecule has 0 saturated carbocycles. The average Bonchev–Trinajstić information content (AvgIpc) is 2.80. The molecule has 0 unspecified atom stereocenters. The minimum atomic E-state index is -0.398. The summed E-state index contributed by atoms with van der Waals surface area (Å²) in [7, 11) is 0. The van der Waals surface area contributed by atoms with Gasteiger partial charge in [-0.25, -0.2) is 0 Å². The number of carbonyl (C=O) groups excluding carboxylic acids is 1. The Morgan fingerprint density at radius 1 is 1.43 bits per heavy atom. The van der Waals surface area contributed by atoms with Crippen LogP contribution < -0.4 is 5.32 Å². The van der Waals surface area contributed by atoms with Gasteiger partial charge < -0.3 is 9.84 Å². The minimum Gasteiger partial charge on any atom is -0.354 e. The fourth-order valence-corrected chi connectivity index (χ4v) is 1.78. The van der Waals surface area contributed by atoms with Gasteiger partial charge in [0.2, 0.25) is 5.91 Å². The molecule has 0 aliphatic carbocycles. The maximum Gasteiger partial charge on any atom is 0.238 e. The Bertz CT molecular complexity index is 712. The fourth-order valence-electron chi connectivity index (χ4n) is 1.65. The quantitative estimate of drug-likeness (QED) is 0.934. The molecular weight excluding hydrogens is 290 g/mol. The molecule has 2 aromatic rings. The summed E-state index contributed by atoms with van der Waals surface area (Å²) in [4.78, 5) is 11.5. The van der Waals surface area contributed by atoms with E-state index in [2.05, 4.69) is 10.5 Å². The second-order valence-electron chi connectivity index (χ2n) is 4.28. The van der Waals surface area contributed by atoms with Crippen molar-refractivity contribution < 1.29 is 9.32 Å². The molecule has 0 spiro atoms. The number of benzene rings is 1. The predicted molar refractivity (Wildman–Crippen MR) is 80.5 cm³/mol. The van der Waals surface area contributed by atoms with Gasteiger partial charge in [0.25, 0.3) is 0 Å².